The summed E-state index contributed by atoms with van der Waals surface area (Å²) in [5.74, 6) is -1.72. The van der Waals surface area contributed by atoms with Crippen LogP contribution in [0.1, 0.15) is 39.2 Å². The summed E-state index contributed by atoms with van der Waals surface area (Å²) in [6.45, 7) is 11.1. The van der Waals surface area contributed by atoms with Crippen molar-refractivity contribution in [1.82, 2.24) is 4.90 Å². The largest absolute Gasteiger partial charge is 0.443 e. The molecule has 0 saturated carbocycles. The van der Waals surface area contributed by atoms with E-state index in [1.807, 2.05) is 19.6 Å². The predicted molar refractivity (Wildman–Crippen MR) is 112 cm³/mol. The smallest absolute Gasteiger partial charge is 0.417 e. The minimum absolute atomic E-state index is 0.136. The zero-order chi connectivity index (χ0) is 22.9. The molecule has 0 bridgehead atoms. The lowest BCUT2D eigenvalue weighted by molar-refractivity contribution is -0.129. The first kappa shape index (κ1) is 24.4. The fourth-order valence-electron chi connectivity index (χ4n) is 3.54. The third-order valence-corrected chi connectivity index (χ3v) is 5.51. The summed E-state index contributed by atoms with van der Waals surface area (Å²) in [5, 5.41) is 0. The van der Waals surface area contributed by atoms with Crippen LogP contribution < -0.4 is 5.73 Å². The molecule has 9 heteroatoms. The number of carbonyl (C=O) groups is 2. The first-order valence-corrected chi connectivity index (χ1v) is 13.5. The fourth-order valence-corrected chi connectivity index (χ4v) is 4.69. The SMILES string of the molecule is CC(C)(C)OC(=O)N1C(=O)CC[C@@H]1[C@@H](O[Si](C)(C)C)[C@@H](N)Cc1cc(F)cc(F)c1. The number of ether oxygens (including phenoxy) is 1. The molecule has 1 aromatic rings. The van der Waals surface area contributed by atoms with Gasteiger partial charge < -0.3 is 14.9 Å². The second-order valence-corrected chi connectivity index (χ2v) is 14.2. The monoisotopic (exact) mass is 442 g/mol. The summed E-state index contributed by atoms with van der Waals surface area (Å²) in [7, 11) is -2.14. The lowest BCUT2D eigenvalue weighted by Gasteiger charge is -2.38. The van der Waals surface area contributed by atoms with E-state index in [1.165, 1.54) is 12.1 Å². The van der Waals surface area contributed by atoms with Crippen molar-refractivity contribution in [2.45, 2.75) is 83.5 Å². The van der Waals surface area contributed by atoms with E-state index in [2.05, 4.69) is 0 Å². The van der Waals surface area contributed by atoms with Crippen molar-refractivity contribution >= 4 is 20.3 Å². The maximum absolute atomic E-state index is 13.6. The normalized spacial score (nSPS) is 19.7. The van der Waals surface area contributed by atoms with E-state index in [1.54, 1.807) is 20.8 Å². The Bertz CT molecular complexity index is 772. The Balaban J connectivity index is 2.32. The lowest BCUT2D eigenvalue weighted by atomic mass is 9.95. The van der Waals surface area contributed by atoms with Gasteiger partial charge in [0.25, 0.3) is 0 Å². The number of likely N-dealkylation sites (tertiary alicyclic amines) is 1. The van der Waals surface area contributed by atoms with Gasteiger partial charge in [-0.2, -0.15) is 0 Å². The molecule has 0 spiro atoms. The van der Waals surface area contributed by atoms with Crippen LogP contribution in [0.25, 0.3) is 0 Å². The molecule has 1 heterocycles. The Morgan fingerprint density at radius 2 is 1.80 bits per heavy atom. The second kappa shape index (κ2) is 9.11. The van der Waals surface area contributed by atoms with Crippen molar-refractivity contribution in [2.24, 2.45) is 5.73 Å². The third-order valence-electron chi connectivity index (χ3n) is 4.53. The van der Waals surface area contributed by atoms with Crippen molar-refractivity contribution in [2.75, 3.05) is 0 Å². The molecule has 1 fully saturated rings. The van der Waals surface area contributed by atoms with Crippen molar-refractivity contribution in [3.63, 3.8) is 0 Å². The molecule has 6 nitrogen and oxygen atoms in total. The molecule has 0 radical (unpaired) electrons. The number of hydrogen-bond donors (Lipinski definition) is 1. The number of nitrogens with zero attached hydrogens (tertiary/aromatic N) is 1. The van der Waals surface area contributed by atoms with Crippen LogP contribution in [0, 0.1) is 11.6 Å². The van der Waals surface area contributed by atoms with Crippen LogP contribution in [0.2, 0.25) is 19.6 Å². The van der Waals surface area contributed by atoms with Gasteiger partial charge in [-0.05, 0) is 71.0 Å². The van der Waals surface area contributed by atoms with Crippen LogP contribution in [0.4, 0.5) is 13.6 Å². The highest BCUT2D eigenvalue weighted by Crippen LogP contribution is 2.29. The molecule has 30 heavy (non-hydrogen) atoms. The molecular formula is C21H32F2N2O4Si. The van der Waals surface area contributed by atoms with Gasteiger partial charge in [0.1, 0.15) is 17.2 Å². The van der Waals surface area contributed by atoms with Crippen LogP contribution >= 0.6 is 0 Å². The van der Waals surface area contributed by atoms with Crippen LogP contribution in [0.3, 0.4) is 0 Å². The Morgan fingerprint density at radius 1 is 1.23 bits per heavy atom. The molecule has 0 aliphatic carbocycles. The molecule has 0 unspecified atom stereocenters. The molecule has 3 atom stereocenters. The summed E-state index contributed by atoms with van der Waals surface area (Å²) in [4.78, 5) is 26.3. The number of hydrogen-bond acceptors (Lipinski definition) is 5. The van der Waals surface area contributed by atoms with Gasteiger partial charge in [-0.1, -0.05) is 0 Å². The number of carbonyl (C=O) groups excluding carboxylic acids is 2. The van der Waals surface area contributed by atoms with Crippen molar-refractivity contribution in [3.05, 3.63) is 35.4 Å². The number of amides is 2. The Labute approximate surface area is 177 Å². The minimum atomic E-state index is -2.14. The number of benzene rings is 1. The number of rotatable bonds is 6. The number of halogens is 2. The van der Waals surface area contributed by atoms with E-state index in [0.29, 0.717) is 12.0 Å². The lowest BCUT2D eigenvalue weighted by Crippen LogP contribution is -2.56. The van der Waals surface area contributed by atoms with Gasteiger partial charge in [0.15, 0.2) is 8.32 Å². The molecule has 1 aliphatic heterocycles. The summed E-state index contributed by atoms with van der Waals surface area (Å²) in [6.07, 6.45) is -0.712. The fraction of sp³-hybridized carbons (Fsp3) is 0.619. The Morgan fingerprint density at radius 3 is 2.30 bits per heavy atom. The van der Waals surface area contributed by atoms with Crippen LogP contribution in [0.5, 0.6) is 0 Å². The zero-order valence-corrected chi connectivity index (χ0v) is 19.5. The molecule has 1 aliphatic rings. The average molecular weight is 443 g/mol. The van der Waals surface area contributed by atoms with Crippen molar-refractivity contribution in [1.29, 1.82) is 0 Å². The van der Waals surface area contributed by atoms with E-state index in [4.69, 9.17) is 14.9 Å². The predicted octanol–water partition coefficient (Wildman–Crippen LogP) is 3.98. The number of imide groups is 1. The quantitative estimate of drug-likeness (QED) is 0.674. The topological polar surface area (TPSA) is 81.9 Å². The van der Waals surface area contributed by atoms with Crippen LogP contribution in [0.15, 0.2) is 18.2 Å². The van der Waals surface area contributed by atoms with Gasteiger partial charge in [0.2, 0.25) is 5.91 Å². The van der Waals surface area contributed by atoms with E-state index in [9.17, 15) is 18.4 Å². The van der Waals surface area contributed by atoms with Gasteiger partial charge >= 0.3 is 6.09 Å². The molecule has 2 rings (SSSR count). The van der Waals surface area contributed by atoms with E-state index >= 15 is 0 Å². The second-order valence-electron chi connectivity index (χ2n) is 9.69. The first-order chi connectivity index (χ1) is 13.7. The van der Waals surface area contributed by atoms with Crippen molar-refractivity contribution in [3.8, 4) is 0 Å². The van der Waals surface area contributed by atoms with E-state index < -0.39 is 49.8 Å². The number of nitrogens with two attached hydrogens (primary N) is 1. The first-order valence-electron chi connectivity index (χ1n) is 10.1. The average Bonchev–Trinajstić information content (AvgIpc) is 2.90. The summed E-state index contributed by atoms with van der Waals surface area (Å²) in [5.41, 5.74) is 6.06. The van der Waals surface area contributed by atoms with E-state index in [0.717, 1.165) is 11.0 Å². The minimum Gasteiger partial charge on any atom is -0.443 e. The summed E-state index contributed by atoms with van der Waals surface area (Å²) < 4.78 is 38.9. The molecule has 2 amide bonds. The van der Waals surface area contributed by atoms with Gasteiger partial charge in [-0.25, -0.2) is 18.5 Å². The summed E-state index contributed by atoms with van der Waals surface area (Å²) in [6, 6.07) is 1.96. The molecule has 168 valence electrons. The molecule has 2 N–H and O–H groups in total. The summed E-state index contributed by atoms with van der Waals surface area (Å²) >= 11 is 0. The Hall–Kier alpha value is -1.84. The highest BCUT2D eigenvalue weighted by atomic mass is 28.4. The highest BCUT2D eigenvalue weighted by Gasteiger charge is 2.45. The maximum atomic E-state index is 13.6. The molecular weight excluding hydrogens is 410 g/mol. The molecule has 1 saturated heterocycles. The van der Waals surface area contributed by atoms with Crippen LogP contribution in [-0.4, -0.2) is 49.0 Å². The molecule has 1 aromatic carbocycles. The van der Waals surface area contributed by atoms with Crippen LogP contribution in [-0.2, 0) is 20.4 Å². The van der Waals surface area contributed by atoms with Gasteiger partial charge in [-0.15, -0.1) is 0 Å². The standard InChI is InChI=1S/C21H32F2N2O4Si/c1-21(2,3)28-20(27)25-17(7-8-18(25)26)19(29-30(4,5)6)16(24)11-13-9-14(22)12-15(23)10-13/h9-10,12,16-17,19H,7-8,11,24H2,1-6H3/t16-,17+,19-/m0/s1. The maximum Gasteiger partial charge on any atom is 0.417 e. The van der Waals surface area contributed by atoms with Gasteiger partial charge in [0.05, 0.1) is 12.1 Å². The van der Waals surface area contributed by atoms with E-state index in [-0.39, 0.29) is 18.7 Å². The third kappa shape index (κ3) is 6.85. The highest BCUT2D eigenvalue weighted by molar-refractivity contribution is 6.69. The van der Waals surface area contributed by atoms with Gasteiger partial charge in [-0.3, -0.25) is 4.79 Å². The molecule has 0 aromatic heterocycles. The van der Waals surface area contributed by atoms with Gasteiger partial charge in [0, 0.05) is 18.5 Å². The zero-order valence-electron chi connectivity index (χ0n) is 18.5. The Kier molecular flexibility index (Phi) is 7.42. The van der Waals surface area contributed by atoms with Crippen molar-refractivity contribution < 1.29 is 27.5 Å².